The molecule has 1 atom stereocenters. The van der Waals surface area contributed by atoms with Crippen LogP contribution in [0.3, 0.4) is 0 Å². The second-order valence-corrected chi connectivity index (χ2v) is 6.71. The minimum Gasteiger partial charge on any atom is -0.352 e. The molecule has 1 aliphatic heterocycles. The predicted molar refractivity (Wildman–Crippen MR) is 106 cm³/mol. The summed E-state index contributed by atoms with van der Waals surface area (Å²) in [5.74, 6) is -0.497. The Morgan fingerprint density at radius 1 is 1.07 bits per heavy atom. The van der Waals surface area contributed by atoms with E-state index in [4.69, 9.17) is 0 Å². The standard InChI is InChI=1S/C22H20N4O2/c27-20-12-18(15-26(20)19-8-2-1-3-9-19)22(28)25-14-17-7-5-11-24-21(17)16-6-4-10-23-13-16/h1-11,13,18H,12,14-15H2,(H,25,28). The Morgan fingerprint density at radius 2 is 1.89 bits per heavy atom. The summed E-state index contributed by atoms with van der Waals surface area (Å²) in [4.78, 5) is 35.2. The SMILES string of the molecule is O=C(NCc1cccnc1-c1cccnc1)C1CC(=O)N(c2ccccc2)C1. The number of carbonyl (C=O) groups is 2. The minimum absolute atomic E-state index is 0.0243. The van der Waals surface area contributed by atoms with Crippen molar-refractivity contribution in [3.05, 3.63) is 78.8 Å². The number of aromatic nitrogens is 2. The minimum atomic E-state index is -0.355. The highest BCUT2D eigenvalue weighted by atomic mass is 16.2. The van der Waals surface area contributed by atoms with Gasteiger partial charge in [0, 0.05) is 49.4 Å². The summed E-state index contributed by atoms with van der Waals surface area (Å²) >= 11 is 0. The Kier molecular flexibility index (Phi) is 5.10. The smallest absolute Gasteiger partial charge is 0.227 e. The van der Waals surface area contributed by atoms with Crippen molar-refractivity contribution < 1.29 is 9.59 Å². The second kappa shape index (κ2) is 8.00. The van der Waals surface area contributed by atoms with Gasteiger partial charge in [0.25, 0.3) is 0 Å². The lowest BCUT2D eigenvalue weighted by Gasteiger charge is -2.16. The zero-order valence-corrected chi connectivity index (χ0v) is 15.3. The molecule has 3 heterocycles. The summed E-state index contributed by atoms with van der Waals surface area (Å²) in [7, 11) is 0. The van der Waals surface area contributed by atoms with E-state index in [0.717, 1.165) is 22.5 Å². The van der Waals surface area contributed by atoms with Crippen LogP contribution in [-0.2, 0) is 16.1 Å². The third kappa shape index (κ3) is 3.76. The molecule has 2 aromatic heterocycles. The Balaban J connectivity index is 1.43. The van der Waals surface area contributed by atoms with Crippen LogP contribution in [0, 0.1) is 5.92 Å². The molecule has 1 N–H and O–H groups in total. The molecular weight excluding hydrogens is 352 g/mol. The van der Waals surface area contributed by atoms with E-state index >= 15 is 0 Å². The van der Waals surface area contributed by atoms with Crippen LogP contribution >= 0.6 is 0 Å². The van der Waals surface area contributed by atoms with Gasteiger partial charge in [-0.2, -0.15) is 0 Å². The van der Waals surface area contributed by atoms with E-state index in [-0.39, 0.29) is 24.2 Å². The summed E-state index contributed by atoms with van der Waals surface area (Å²) in [5, 5.41) is 2.97. The van der Waals surface area contributed by atoms with Gasteiger partial charge in [-0.25, -0.2) is 0 Å². The third-order valence-electron chi connectivity index (χ3n) is 4.84. The highest BCUT2D eigenvalue weighted by Crippen LogP contribution is 2.25. The first-order valence-electron chi connectivity index (χ1n) is 9.20. The Bertz CT molecular complexity index is 976. The molecule has 28 heavy (non-hydrogen) atoms. The van der Waals surface area contributed by atoms with Crippen LogP contribution in [0.2, 0.25) is 0 Å². The molecule has 6 nitrogen and oxygen atoms in total. The summed E-state index contributed by atoms with van der Waals surface area (Å²) < 4.78 is 0. The van der Waals surface area contributed by atoms with Crippen molar-refractivity contribution in [3.63, 3.8) is 0 Å². The quantitative estimate of drug-likeness (QED) is 0.747. The van der Waals surface area contributed by atoms with Crippen molar-refractivity contribution in [1.82, 2.24) is 15.3 Å². The maximum atomic E-state index is 12.7. The molecule has 0 aliphatic carbocycles. The van der Waals surface area contributed by atoms with Gasteiger partial charge in [0.1, 0.15) is 0 Å². The largest absolute Gasteiger partial charge is 0.352 e. The molecule has 1 unspecified atom stereocenters. The fourth-order valence-electron chi connectivity index (χ4n) is 3.41. The molecule has 3 aromatic rings. The van der Waals surface area contributed by atoms with Crippen molar-refractivity contribution in [1.29, 1.82) is 0 Å². The van der Waals surface area contributed by atoms with Gasteiger partial charge in [-0.05, 0) is 35.9 Å². The molecule has 1 aliphatic rings. The molecule has 0 bridgehead atoms. The molecule has 0 spiro atoms. The van der Waals surface area contributed by atoms with E-state index in [1.165, 1.54) is 0 Å². The van der Waals surface area contributed by atoms with Gasteiger partial charge in [0.2, 0.25) is 11.8 Å². The number of nitrogens with one attached hydrogen (secondary N) is 1. The van der Waals surface area contributed by atoms with E-state index in [1.54, 1.807) is 23.5 Å². The highest BCUT2D eigenvalue weighted by molar-refractivity contribution is 6.00. The van der Waals surface area contributed by atoms with Crippen LogP contribution in [0.4, 0.5) is 5.69 Å². The van der Waals surface area contributed by atoms with Crippen molar-refractivity contribution in [2.45, 2.75) is 13.0 Å². The highest BCUT2D eigenvalue weighted by Gasteiger charge is 2.34. The molecule has 1 aromatic carbocycles. The number of anilines is 1. The monoisotopic (exact) mass is 372 g/mol. The Hall–Kier alpha value is -3.54. The summed E-state index contributed by atoms with van der Waals surface area (Å²) in [5.41, 5.74) is 3.44. The number of pyridine rings is 2. The lowest BCUT2D eigenvalue weighted by molar-refractivity contribution is -0.126. The van der Waals surface area contributed by atoms with Gasteiger partial charge in [-0.1, -0.05) is 24.3 Å². The number of para-hydroxylation sites is 1. The van der Waals surface area contributed by atoms with Crippen LogP contribution in [0.5, 0.6) is 0 Å². The average Bonchev–Trinajstić information content (AvgIpc) is 3.15. The molecule has 4 rings (SSSR count). The summed E-state index contributed by atoms with van der Waals surface area (Å²) in [6.07, 6.45) is 5.41. The van der Waals surface area contributed by atoms with E-state index in [0.29, 0.717) is 13.1 Å². The van der Waals surface area contributed by atoms with Crippen molar-refractivity contribution in [2.24, 2.45) is 5.92 Å². The van der Waals surface area contributed by atoms with Crippen molar-refractivity contribution >= 4 is 17.5 Å². The number of rotatable bonds is 5. The molecule has 1 saturated heterocycles. The van der Waals surface area contributed by atoms with Gasteiger partial charge in [0.15, 0.2) is 0 Å². The predicted octanol–water partition coefficient (Wildman–Crippen LogP) is 2.81. The second-order valence-electron chi connectivity index (χ2n) is 6.71. The van der Waals surface area contributed by atoms with E-state index < -0.39 is 0 Å². The molecule has 140 valence electrons. The number of nitrogens with zero attached hydrogens (tertiary/aromatic N) is 3. The molecule has 0 saturated carbocycles. The van der Waals surface area contributed by atoms with Crippen LogP contribution < -0.4 is 10.2 Å². The van der Waals surface area contributed by atoms with Gasteiger partial charge in [0.05, 0.1) is 11.6 Å². The van der Waals surface area contributed by atoms with Crippen LogP contribution in [0.25, 0.3) is 11.3 Å². The Morgan fingerprint density at radius 3 is 2.68 bits per heavy atom. The fourth-order valence-corrected chi connectivity index (χ4v) is 3.41. The first-order chi connectivity index (χ1) is 13.7. The zero-order chi connectivity index (χ0) is 19.3. The van der Waals surface area contributed by atoms with E-state index in [9.17, 15) is 9.59 Å². The van der Waals surface area contributed by atoms with Gasteiger partial charge < -0.3 is 10.2 Å². The van der Waals surface area contributed by atoms with E-state index in [2.05, 4.69) is 15.3 Å². The summed E-state index contributed by atoms with van der Waals surface area (Å²) in [6.45, 7) is 0.754. The number of benzene rings is 1. The van der Waals surface area contributed by atoms with Gasteiger partial charge in [-0.3, -0.25) is 19.6 Å². The first-order valence-corrected chi connectivity index (χ1v) is 9.20. The van der Waals surface area contributed by atoms with Gasteiger partial charge >= 0.3 is 0 Å². The fraction of sp³-hybridized carbons (Fsp3) is 0.182. The topological polar surface area (TPSA) is 75.2 Å². The Labute approximate surface area is 163 Å². The van der Waals surface area contributed by atoms with E-state index in [1.807, 2.05) is 54.6 Å². The maximum Gasteiger partial charge on any atom is 0.227 e. The number of hydrogen-bond acceptors (Lipinski definition) is 4. The molecule has 6 heteroatoms. The normalized spacial score (nSPS) is 16.2. The number of hydrogen-bond donors (Lipinski definition) is 1. The van der Waals surface area contributed by atoms with Crippen molar-refractivity contribution in [2.75, 3.05) is 11.4 Å². The zero-order valence-electron chi connectivity index (χ0n) is 15.3. The number of amides is 2. The van der Waals surface area contributed by atoms with Gasteiger partial charge in [-0.15, -0.1) is 0 Å². The molecule has 2 amide bonds. The average molecular weight is 372 g/mol. The summed E-state index contributed by atoms with van der Waals surface area (Å²) in [6, 6.07) is 17.0. The molecular formula is C22H20N4O2. The molecule has 0 radical (unpaired) electrons. The maximum absolute atomic E-state index is 12.7. The number of carbonyl (C=O) groups excluding carboxylic acids is 2. The first kappa shape index (κ1) is 17.9. The van der Waals surface area contributed by atoms with Crippen LogP contribution in [0.1, 0.15) is 12.0 Å². The van der Waals surface area contributed by atoms with Crippen molar-refractivity contribution in [3.8, 4) is 11.3 Å². The third-order valence-corrected chi connectivity index (χ3v) is 4.84. The lowest BCUT2D eigenvalue weighted by atomic mass is 10.1. The molecule has 1 fully saturated rings. The van der Waals surface area contributed by atoms with Crippen LogP contribution in [-0.4, -0.2) is 28.3 Å². The lowest BCUT2D eigenvalue weighted by Crippen LogP contribution is -2.32. The van der Waals surface area contributed by atoms with Crippen LogP contribution in [0.15, 0.2) is 73.2 Å².